The third-order valence-electron chi connectivity index (χ3n) is 4.63. The van der Waals surface area contributed by atoms with Crippen LogP contribution in [-0.4, -0.2) is 59.1 Å². The molecule has 0 radical (unpaired) electrons. The molecule has 1 aliphatic heterocycles. The SMILES string of the molecule is Cc1cccc(/C=N/Nc2nc(OCCc3ccccn3)nc(N3CCOCC3)n2)c1. The molecule has 1 N–H and O–H groups in total. The lowest BCUT2D eigenvalue weighted by molar-refractivity contribution is 0.122. The Morgan fingerprint density at radius 1 is 1.13 bits per heavy atom. The number of ether oxygens (including phenoxy) is 2. The average Bonchev–Trinajstić information content (AvgIpc) is 2.80. The van der Waals surface area contributed by atoms with Crippen molar-refractivity contribution in [1.29, 1.82) is 0 Å². The average molecular weight is 419 g/mol. The normalized spacial score (nSPS) is 14.0. The molecule has 31 heavy (non-hydrogen) atoms. The summed E-state index contributed by atoms with van der Waals surface area (Å²) < 4.78 is 11.2. The Balaban J connectivity index is 1.46. The van der Waals surface area contributed by atoms with E-state index in [0.717, 1.165) is 11.3 Å². The molecule has 3 aromatic rings. The van der Waals surface area contributed by atoms with Crippen molar-refractivity contribution in [1.82, 2.24) is 19.9 Å². The fraction of sp³-hybridized carbons (Fsp3) is 0.318. The number of aryl methyl sites for hydroxylation is 1. The zero-order valence-electron chi connectivity index (χ0n) is 17.4. The van der Waals surface area contributed by atoms with Gasteiger partial charge in [0, 0.05) is 31.4 Å². The molecule has 9 nitrogen and oxygen atoms in total. The molecule has 1 aromatic carbocycles. The highest BCUT2D eigenvalue weighted by Gasteiger charge is 2.17. The first-order valence-corrected chi connectivity index (χ1v) is 10.2. The monoisotopic (exact) mass is 419 g/mol. The molecule has 160 valence electrons. The molecule has 0 spiro atoms. The first-order valence-electron chi connectivity index (χ1n) is 10.2. The predicted molar refractivity (Wildman–Crippen MR) is 119 cm³/mol. The number of anilines is 2. The second-order valence-corrected chi connectivity index (χ2v) is 7.04. The zero-order chi connectivity index (χ0) is 21.3. The van der Waals surface area contributed by atoms with Crippen LogP contribution < -0.4 is 15.1 Å². The van der Waals surface area contributed by atoms with E-state index in [4.69, 9.17) is 9.47 Å². The van der Waals surface area contributed by atoms with E-state index in [-0.39, 0.29) is 6.01 Å². The first-order chi connectivity index (χ1) is 15.3. The molecule has 1 saturated heterocycles. The summed E-state index contributed by atoms with van der Waals surface area (Å²) in [5.41, 5.74) is 6.00. The van der Waals surface area contributed by atoms with Gasteiger partial charge in [-0.3, -0.25) is 4.98 Å². The van der Waals surface area contributed by atoms with E-state index in [0.29, 0.717) is 51.2 Å². The molecule has 4 rings (SSSR count). The van der Waals surface area contributed by atoms with Crippen molar-refractivity contribution in [2.24, 2.45) is 5.10 Å². The van der Waals surface area contributed by atoms with Crippen molar-refractivity contribution in [3.63, 3.8) is 0 Å². The Labute approximate surface area is 181 Å². The van der Waals surface area contributed by atoms with Gasteiger partial charge in [0.2, 0.25) is 5.95 Å². The Hall–Kier alpha value is -3.59. The molecule has 3 heterocycles. The number of rotatable bonds is 8. The van der Waals surface area contributed by atoms with Crippen LogP contribution in [0.5, 0.6) is 6.01 Å². The fourth-order valence-electron chi connectivity index (χ4n) is 3.07. The summed E-state index contributed by atoms with van der Waals surface area (Å²) in [4.78, 5) is 19.7. The van der Waals surface area contributed by atoms with Crippen LogP contribution in [0, 0.1) is 6.92 Å². The van der Waals surface area contributed by atoms with Gasteiger partial charge in [-0.25, -0.2) is 5.43 Å². The summed E-state index contributed by atoms with van der Waals surface area (Å²) in [5, 5.41) is 4.27. The van der Waals surface area contributed by atoms with E-state index < -0.39 is 0 Å². The van der Waals surface area contributed by atoms with Gasteiger partial charge in [0.25, 0.3) is 5.95 Å². The number of aromatic nitrogens is 4. The Bertz CT molecular complexity index is 1010. The van der Waals surface area contributed by atoms with E-state index in [1.807, 2.05) is 54.3 Å². The second kappa shape index (κ2) is 10.4. The Kier molecular flexibility index (Phi) is 6.96. The minimum absolute atomic E-state index is 0.251. The number of hydrogen-bond donors (Lipinski definition) is 1. The van der Waals surface area contributed by atoms with Crippen molar-refractivity contribution < 1.29 is 9.47 Å². The standard InChI is InChI=1S/C22H25N7O2/c1-17-5-4-6-18(15-17)16-24-28-20-25-21(29-10-13-30-14-11-29)27-22(26-20)31-12-8-19-7-2-3-9-23-19/h2-7,9,15-16H,8,10-14H2,1H3,(H,25,26,27,28)/b24-16+. The molecule has 1 aliphatic rings. The molecule has 0 saturated carbocycles. The maximum Gasteiger partial charge on any atom is 0.323 e. The van der Waals surface area contributed by atoms with Gasteiger partial charge in [0.1, 0.15) is 0 Å². The number of pyridine rings is 1. The highest BCUT2D eigenvalue weighted by molar-refractivity contribution is 5.80. The van der Waals surface area contributed by atoms with E-state index in [9.17, 15) is 0 Å². The van der Waals surface area contributed by atoms with Crippen molar-refractivity contribution in [3.05, 3.63) is 65.5 Å². The van der Waals surface area contributed by atoms with Gasteiger partial charge in [-0.15, -0.1) is 0 Å². The van der Waals surface area contributed by atoms with Crippen LogP contribution in [0.15, 0.2) is 53.8 Å². The van der Waals surface area contributed by atoms with Gasteiger partial charge < -0.3 is 14.4 Å². The van der Waals surface area contributed by atoms with Gasteiger partial charge in [-0.1, -0.05) is 35.9 Å². The third kappa shape index (κ3) is 6.19. The molecule has 9 heteroatoms. The van der Waals surface area contributed by atoms with Crippen molar-refractivity contribution >= 4 is 18.1 Å². The topological polar surface area (TPSA) is 97.7 Å². The van der Waals surface area contributed by atoms with Gasteiger partial charge in [0.05, 0.1) is 26.0 Å². The van der Waals surface area contributed by atoms with Crippen LogP contribution in [0.4, 0.5) is 11.9 Å². The molecule has 0 bridgehead atoms. The van der Waals surface area contributed by atoms with Gasteiger partial charge in [-0.2, -0.15) is 20.1 Å². The minimum Gasteiger partial charge on any atom is -0.463 e. The van der Waals surface area contributed by atoms with Crippen LogP contribution in [-0.2, 0) is 11.2 Å². The molecule has 0 atom stereocenters. The van der Waals surface area contributed by atoms with Gasteiger partial charge in [-0.05, 0) is 24.6 Å². The van der Waals surface area contributed by atoms with Crippen LogP contribution >= 0.6 is 0 Å². The van der Waals surface area contributed by atoms with Crippen molar-refractivity contribution in [2.75, 3.05) is 43.2 Å². The maximum atomic E-state index is 5.81. The number of hydrazone groups is 1. The van der Waals surface area contributed by atoms with Gasteiger partial charge >= 0.3 is 6.01 Å². The summed E-state index contributed by atoms with van der Waals surface area (Å²) in [7, 11) is 0. The molecule has 0 unspecified atom stereocenters. The smallest absolute Gasteiger partial charge is 0.323 e. The Morgan fingerprint density at radius 2 is 2.03 bits per heavy atom. The van der Waals surface area contributed by atoms with E-state index in [1.54, 1.807) is 12.4 Å². The van der Waals surface area contributed by atoms with Crippen molar-refractivity contribution in [3.8, 4) is 6.01 Å². The molecular formula is C22H25N7O2. The number of morpholine rings is 1. The maximum absolute atomic E-state index is 5.81. The first kappa shape index (κ1) is 20.7. The second-order valence-electron chi connectivity index (χ2n) is 7.04. The quantitative estimate of drug-likeness (QED) is 0.439. The number of benzene rings is 1. The summed E-state index contributed by atoms with van der Waals surface area (Å²) in [6.45, 7) is 5.15. The lowest BCUT2D eigenvalue weighted by Crippen LogP contribution is -2.37. The molecule has 1 fully saturated rings. The third-order valence-corrected chi connectivity index (χ3v) is 4.63. The zero-order valence-corrected chi connectivity index (χ0v) is 17.4. The van der Waals surface area contributed by atoms with E-state index in [2.05, 4.69) is 30.5 Å². The van der Waals surface area contributed by atoms with Crippen LogP contribution in [0.3, 0.4) is 0 Å². The molecule has 0 aliphatic carbocycles. The van der Waals surface area contributed by atoms with Gasteiger partial charge in [0.15, 0.2) is 0 Å². The summed E-state index contributed by atoms with van der Waals surface area (Å²) in [5.74, 6) is 0.868. The summed E-state index contributed by atoms with van der Waals surface area (Å²) in [6.07, 6.45) is 4.16. The molecular weight excluding hydrogens is 394 g/mol. The minimum atomic E-state index is 0.251. The summed E-state index contributed by atoms with van der Waals surface area (Å²) in [6, 6.07) is 14.1. The summed E-state index contributed by atoms with van der Waals surface area (Å²) >= 11 is 0. The van der Waals surface area contributed by atoms with E-state index in [1.165, 1.54) is 5.56 Å². The number of nitrogens with one attached hydrogen (secondary N) is 1. The number of hydrogen-bond acceptors (Lipinski definition) is 9. The number of nitrogens with zero attached hydrogens (tertiary/aromatic N) is 6. The molecule has 0 amide bonds. The van der Waals surface area contributed by atoms with Crippen LogP contribution in [0.2, 0.25) is 0 Å². The predicted octanol–water partition coefficient (Wildman–Crippen LogP) is 2.48. The fourth-order valence-corrected chi connectivity index (χ4v) is 3.07. The van der Waals surface area contributed by atoms with E-state index >= 15 is 0 Å². The molecule has 2 aromatic heterocycles. The van der Waals surface area contributed by atoms with Crippen LogP contribution in [0.25, 0.3) is 0 Å². The lowest BCUT2D eigenvalue weighted by atomic mass is 10.2. The highest BCUT2D eigenvalue weighted by Crippen LogP contribution is 2.16. The largest absolute Gasteiger partial charge is 0.463 e. The van der Waals surface area contributed by atoms with Crippen molar-refractivity contribution in [2.45, 2.75) is 13.3 Å². The lowest BCUT2D eigenvalue weighted by Gasteiger charge is -2.26. The Morgan fingerprint density at radius 3 is 2.84 bits per heavy atom. The highest BCUT2D eigenvalue weighted by atomic mass is 16.5. The van der Waals surface area contributed by atoms with Crippen LogP contribution in [0.1, 0.15) is 16.8 Å².